The van der Waals surface area contributed by atoms with Gasteiger partial charge in [-0.3, -0.25) is 19.3 Å². The third-order valence-electron chi connectivity index (χ3n) is 2.81. The molecule has 1 aliphatic heterocycles. The summed E-state index contributed by atoms with van der Waals surface area (Å²) < 4.78 is 5.13. The van der Waals surface area contributed by atoms with Gasteiger partial charge in [-0.2, -0.15) is 0 Å². The van der Waals surface area contributed by atoms with E-state index < -0.39 is 5.91 Å². The van der Waals surface area contributed by atoms with Crippen LogP contribution >= 0.6 is 23.4 Å². The molecule has 1 heterocycles. The summed E-state index contributed by atoms with van der Waals surface area (Å²) in [5.41, 5.74) is 5.64. The zero-order valence-corrected chi connectivity index (χ0v) is 13.2. The van der Waals surface area contributed by atoms with Gasteiger partial charge in [-0.25, -0.2) is 0 Å². The van der Waals surface area contributed by atoms with E-state index in [1.165, 1.54) is 4.90 Å². The van der Waals surface area contributed by atoms with E-state index in [4.69, 9.17) is 22.1 Å². The van der Waals surface area contributed by atoms with Crippen LogP contribution in [0.5, 0.6) is 5.75 Å². The summed E-state index contributed by atoms with van der Waals surface area (Å²) in [5.74, 6) is -0.602. The predicted octanol–water partition coefficient (Wildman–Crippen LogP) is 2.26. The third kappa shape index (κ3) is 3.61. The molecule has 2 rings (SSSR count). The van der Waals surface area contributed by atoms with Crippen molar-refractivity contribution < 1.29 is 19.1 Å². The highest BCUT2D eigenvalue weighted by Gasteiger charge is 2.33. The number of imide groups is 1. The molecule has 1 saturated heterocycles. The molecule has 0 saturated carbocycles. The summed E-state index contributed by atoms with van der Waals surface area (Å²) in [7, 11) is 0. The quantitative estimate of drug-likeness (QED) is 0.830. The van der Waals surface area contributed by atoms with Gasteiger partial charge in [0.1, 0.15) is 5.75 Å². The van der Waals surface area contributed by atoms with E-state index >= 15 is 0 Å². The molecule has 0 radical (unpaired) electrons. The number of nitrogens with two attached hydrogens (primary N) is 1. The third-order valence-corrected chi connectivity index (χ3v) is 4.02. The highest BCUT2D eigenvalue weighted by atomic mass is 35.5. The highest BCUT2D eigenvalue weighted by molar-refractivity contribution is 8.18. The van der Waals surface area contributed by atoms with Crippen molar-refractivity contribution >= 4 is 46.5 Å². The van der Waals surface area contributed by atoms with Gasteiger partial charge in [0.15, 0.2) is 6.61 Å². The maximum absolute atomic E-state index is 12.0. The smallest absolute Gasteiger partial charge is 0.293 e. The molecule has 6 nitrogen and oxygen atoms in total. The van der Waals surface area contributed by atoms with E-state index in [2.05, 4.69) is 0 Å². The molecule has 116 valence electrons. The number of likely N-dealkylation sites (N-methyl/N-ethyl adjacent to an activating group) is 1. The molecule has 0 aromatic heterocycles. The molecular formula is C14H13ClN2O4S. The summed E-state index contributed by atoms with van der Waals surface area (Å²) in [5, 5.41) is -0.00372. The van der Waals surface area contributed by atoms with Crippen LogP contribution in [0.15, 0.2) is 23.1 Å². The lowest BCUT2D eigenvalue weighted by Crippen LogP contribution is -2.27. The Kier molecular flexibility index (Phi) is 5.10. The van der Waals surface area contributed by atoms with Crippen molar-refractivity contribution in [3.63, 3.8) is 0 Å². The molecule has 2 N–H and O–H groups in total. The Balaban J connectivity index is 2.19. The Morgan fingerprint density at radius 1 is 1.45 bits per heavy atom. The topological polar surface area (TPSA) is 89.7 Å². The Morgan fingerprint density at radius 2 is 2.18 bits per heavy atom. The summed E-state index contributed by atoms with van der Waals surface area (Å²) >= 11 is 6.93. The maximum atomic E-state index is 12.0. The Hall–Kier alpha value is -1.99. The molecule has 0 spiro atoms. The lowest BCUT2D eigenvalue weighted by molar-refractivity contribution is -0.122. The van der Waals surface area contributed by atoms with Gasteiger partial charge < -0.3 is 10.5 Å². The second-order valence-electron chi connectivity index (χ2n) is 4.37. The molecule has 0 aliphatic carbocycles. The van der Waals surface area contributed by atoms with Gasteiger partial charge in [0.25, 0.3) is 17.1 Å². The van der Waals surface area contributed by atoms with Crippen molar-refractivity contribution in [1.29, 1.82) is 0 Å². The van der Waals surface area contributed by atoms with E-state index in [9.17, 15) is 14.4 Å². The average Bonchev–Trinajstić information content (AvgIpc) is 2.72. The van der Waals surface area contributed by atoms with E-state index in [0.29, 0.717) is 22.8 Å². The van der Waals surface area contributed by atoms with Gasteiger partial charge in [0.2, 0.25) is 0 Å². The minimum absolute atomic E-state index is 0.269. The number of carbonyl (C=O) groups excluding carboxylic acids is 3. The highest BCUT2D eigenvalue weighted by Crippen LogP contribution is 2.33. The number of ether oxygens (including phenoxy) is 1. The first-order valence-corrected chi connectivity index (χ1v) is 7.58. The number of rotatable bonds is 5. The van der Waals surface area contributed by atoms with Crippen molar-refractivity contribution in [2.75, 3.05) is 13.2 Å². The van der Waals surface area contributed by atoms with Crippen molar-refractivity contribution in [1.82, 2.24) is 4.90 Å². The van der Waals surface area contributed by atoms with Crippen molar-refractivity contribution in [3.8, 4) is 5.75 Å². The molecule has 1 fully saturated rings. The molecule has 1 aromatic carbocycles. The fourth-order valence-electron chi connectivity index (χ4n) is 1.80. The minimum atomic E-state index is -0.603. The van der Waals surface area contributed by atoms with Gasteiger partial charge in [-0.15, -0.1) is 0 Å². The first-order valence-electron chi connectivity index (χ1n) is 6.38. The number of thioether (sulfide) groups is 1. The fourth-order valence-corrected chi connectivity index (χ4v) is 2.94. The first-order chi connectivity index (χ1) is 10.4. The fraction of sp³-hybridized carbons (Fsp3) is 0.214. The number of benzene rings is 1. The van der Waals surface area contributed by atoms with Crippen LogP contribution in [0.3, 0.4) is 0 Å². The molecule has 8 heteroatoms. The summed E-state index contributed by atoms with van der Waals surface area (Å²) in [6, 6.07) is 4.82. The zero-order valence-electron chi connectivity index (χ0n) is 11.7. The van der Waals surface area contributed by atoms with Crippen LogP contribution in [-0.2, 0) is 9.59 Å². The number of primary amides is 1. The number of amides is 3. The number of halogens is 1. The SMILES string of the molecule is CCN1C(=O)SC(=Cc2ccc(OCC(N)=O)c(Cl)c2)C1=O. The van der Waals surface area contributed by atoms with Gasteiger partial charge in [0, 0.05) is 6.54 Å². The molecule has 22 heavy (non-hydrogen) atoms. The lowest BCUT2D eigenvalue weighted by Gasteiger charge is -2.07. The van der Waals surface area contributed by atoms with Crippen molar-refractivity contribution in [2.24, 2.45) is 5.73 Å². The second kappa shape index (κ2) is 6.85. The molecular weight excluding hydrogens is 328 g/mol. The zero-order chi connectivity index (χ0) is 16.3. The number of nitrogens with zero attached hydrogens (tertiary/aromatic N) is 1. The molecule has 0 unspecified atom stereocenters. The van der Waals surface area contributed by atoms with Crippen LogP contribution in [0, 0.1) is 0 Å². The monoisotopic (exact) mass is 340 g/mol. The van der Waals surface area contributed by atoms with Crippen LogP contribution < -0.4 is 10.5 Å². The maximum Gasteiger partial charge on any atom is 0.293 e. The van der Waals surface area contributed by atoms with E-state index in [0.717, 1.165) is 11.8 Å². The number of hydrogen-bond donors (Lipinski definition) is 1. The van der Waals surface area contributed by atoms with Crippen LogP contribution in [0.2, 0.25) is 5.02 Å². The standard InChI is InChI=1S/C14H13ClN2O4S/c1-2-17-13(19)11(22-14(17)20)6-8-3-4-10(9(15)5-8)21-7-12(16)18/h3-6H,2,7H2,1H3,(H2,16,18). The number of hydrogen-bond acceptors (Lipinski definition) is 5. The normalized spacial score (nSPS) is 16.5. The van der Waals surface area contributed by atoms with Gasteiger partial charge in [-0.05, 0) is 42.5 Å². The van der Waals surface area contributed by atoms with Gasteiger partial charge in [0.05, 0.1) is 9.93 Å². The molecule has 0 bridgehead atoms. The average molecular weight is 341 g/mol. The largest absolute Gasteiger partial charge is 0.482 e. The summed E-state index contributed by atoms with van der Waals surface area (Å²) in [6.07, 6.45) is 1.59. The predicted molar refractivity (Wildman–Crippen MR) is 84.5 cm³/mol. The van der Waals surface area contributed by atoms with E-state index in [1.807, 2.05) is 0 Å². The molecule has 0 atom stereocenters. The van der Waals surface area contributed by atoms with Gasteiger partial charge >= 0.3 is 0 Å². The summed E-state index contributed by atoms with van der Waals surface area (Å²) in [6.45, 7) is 1.80. The summed E-state index contributed by atoms with van der Waals surface area (Å²) in [4.78, 5) is 35.8. The van der Waals surface area contributed by atoms with E-state index in [-0.39, 0.29) is 22.8 Å². The molecule has 1 aliphatic rings. The molecule has 1 aromatic rings. The molecule has 3 amide bonds. The number of carbonyl (C=O) groups is 3. The minimum Gasteiger partial charge on any atom is -0.482 e. The Labute approximate surface area is 136 Å². The Bertz CT molecular complexity index is 675. The second-order valence-corrected chi connectivity index (χ2v) is 5.77. The Morgan fingerprint density at radius 3 is 2.73 bits per heavy atom. The van der Waals surface area contributed by atoms with Crippen LogP contribution in [-0.4, -0.2) is 35.1 Å². The van der Waals surface area contributed by atoms with E-state index in [1.54, 1.807) is 31.2 Å². The first kappa shape index (κ1) is 16.4. The van der Waals surface area contributed by atoms with Crippen LogP contribution in [0.1, 0.15) is 12.5 Å². The van der Waals surface area contributed by atoms with Crippen molar-refractivity contribution in [2.45, 2.75) is 6.92 Å². The van der Waals surface area contributed by atoms with Crippen LogP contribution in [0.4, 0.5) is 4.79 Å². The lowest BCUT2D eigenvalue weighted by atomic mass is 10.2. The van der Waals surface area contributed by atoms with Gasteiger partial charge in [-0.1, -0.05) is 17.7 Å². The van der Waals surface area contributed by atoms with Crippen LogP contribution in [0.25, 0.3) is 6.08 Å². The van der Waals surface area contributed by atoms with Crippen molar-refractivity contribution in [3.05, 3.63) is 33.7 Å².